The van der Waals surface area contributed by atoms with Crippen LogP contribution in [0.25, 0.3) is 0 Å². The third kappa shape index (κ3) is 4.58. The molecule has 2 rings (SSSR count). The van der Waals surface area contributed by atoms with E-state index in [1.54, 1.807) is 6.07 Å². The molecule has 1 N–H and O–H groups in total. The average Bonchev–Trinajstić information content (AvgIpc) is 2.78. The number of ether oxygens (including phenoxy) is 1. The van der Waals surface area contributed by atoms with E-state index in [2.05, 4.69) is 35.1 Å². The Kier molecular flexibility index (Phi) is 5.42. The molecule has 0 atom stereocenters. The minimum atomic E-state index is -0.328. The Bertz CT molecular complexity index is 610. The monoisotopic (exact) mass is 355 g/mol. The van der Waals surface area contributed by atoms with Gasteiger partial charge in [0, 0.05) is 24.2 Å². The summed E-state index contributed by atoms with van der Waals surface area (Å²) in [6, 6.07) is 6.74. The van der Waals surface area contributed by atoms with Crippen molar-refractivity contribution in [1.82, 2.24) is 5.32 Å². The number of furan rings is 1. The van der Waals surface area contributed by atoms with Crippen molar-refractivity contribution < 1.29 is 13.5 Å². The van der Waals surface area contributed by atoms with E-state index >= 15 is 0 Å². The molecular formula is C16H19BrFNO2. The molecule has 1 aromatic heterocycles. The van der Waals surface area contributed by atoms with E-state index in [4.69, 9.17) is 9.15 Å². The van der Waals surface area contributed by atoms with Gasteiger partial charge in [-0.15, -0.1) is 0 Å². The van der Waals surface area contributed by atoms with Gasteiger partial charge in [-0.25, -0.2) is 4.39 Å². The smallest absolute Gasteiger partial charge is 0.146 e. The van der Waals surface area contributed by atoms with Crippen LogP contribution in [0.3, 0.4) is 0 Å². The summed E-state index contributed by atoms with van der Waals surface area (Å²) >= 11 is 3.33. The van der Waals surface area contributed by atoms with Crippen molar-refractivity contribution in [1.29, 1.82) is 0 Å². The summed E-state index contributed by atoms with van der Waals surface area (Å²) in [5, 5.41) is 3.35. The summed E-state index contributed by atoms with van der Waals surface area (Å²) < 4.78 is 25.2. The SMILES string of the molecule is Cc1oc(COc2cc(F)ccc2Br)cc1CNC(C)C. The highest BCUT2D eigenvalue weighted by atomic mass is 79.9. The number of hydrogen-bond acceptors (Lipinski definition) is 3. The van der Waals surface area contributed by atoms with E-state index in [0.717, 1.165) is 23.6 Å². The average molecular weight is 356 g/mol. The topological polar surface area (TPSA) is 34.4 Å². The molecule has 0 saturated carbocycles. The lowest BCUT2D eigenvalue weighted by molar-refractivity contribution is 0.265. The van der Waals surface area contributed by atoms with Crippen molar-refractivity contribution in [3.8, 4) is 5.75 Å². The standard InChI is InChI=1S/C16H19BrFNO2/c1-10(2)19-8-12-6-14(21-11(12)3)9-20-16-7-13(18)4-5-15(16)17/h4-7,10,19H,8-9H2,1-3H3. The maximum Gasteiger partial charge on any atom is 0.146 e. The Morgan fingerprint density at radius 1 is 1.33 bits per heavy atom. The molecule has 0 bridgehead atoms. The van der Waals surface area contributed by atoms with Crippen LogP contribution in [-0.4, -0.2) is 6.04 Å². The second-order valence-electron chi connectivity index (χ2n) is 5.19. The van der Waals surface area contributed by atoms with Crippen molar-refractivity contribution in [2.45, 2.75) is 40.0 Å². The number of rotatable bonds is 6. The lowest BCUT2D eigenvalue weighted by Crippen LogP contribution is -2.21. The van der Waals surface area contributed by atoms with Crippen molar-refractivity contribution in [2.75, 3.05) is 0 Å². The van der Waals surface area contributed by atoms with E-state index in [9.17, 15) is 4.39 Å². The van der Waals surface area contributed by atoms with Crippen molar-refractivity contribution >= 4 is 15.9 Å². The Balaban J connectivity index is 2.00. The first-order valence-corrected chi connectivity index (χ1v) is 7.64. The molecule has 1 heterocycles. The zero-order chi connectivity index (χ0) is 15.4. The zero-order valence-electron chi connectivity index (χ0n) is 12.4. The van der Waals surface area contributed by atoms with Gasteiger partial charge in [0.15, 0.2) is 0 Å². The van der Waals surface area contributed by atoms with Crippen LogP contribution in [-0.2, 0) is 13.2 Å². The summed E-state index contributed by atoms with van der Waals surface area (Å²) in [5.74, 6) is 1.74. The van der Waals surface area contributed by atoms with Crippen LogP contribution < -0.4 is 10.1 Å². The van der Waals surface area contributed by atoms with Gasteiger partial charge in [0.2, 0.25) is 0 Å². The van der Waals surface area contributed by atoms with Crippen LogP contribution in [0.1, 0.15) is 30.9 Å². The maximum absolute atomic E-state index is 13.2. The maximum atomic E-state index is 13.2. The molecule has 1 aromatic carbocycles. The largest absolute Gasteiger partial charge is 0.484 e. The third-order valence-corrected chi connectivity index (χ3v) is 3.69. The Morgan fingerprint density at radius 3 is 2.81 bits per heavy atom. The van der Waals surface area contributed by atoms with Gasteiger partial charge in [0.1, 0.15) is 29.7 Å². The molecule has 0 unspecified atom stereocenters. The molecule has 0 fully saturated rings. The normalized spacial score (nSPS) is 11.1. The molecule has 0 aliphatic carbocycles. The molecule has 0 saturated heterocycles. The molecule has 21 heavy (non-hydrogen) atoms. The molecule has 114 valence electrons. The minimum Gasteiger partial charge on any atom is -0.484 e. The van der Waals surface area contributed by atoms with Crippen molar-refractivity contribution in [3.63, 3.8) is 0 Å². The fourth-order valence-electron chi connectivity index (χ4n) is 1.89. The van der Waals surface area contributed by atoms with Gasteiger partial charge < -0.3 is 14.5 Å². The fraction of sp³-hybridized carbons (Fsp3) is 0.375. The van der Waals surface area contributed by atoms with Gasteiger partial charge in [0.25, 0.3) is 0 Å². The quantitative estimate of drug-likeness (QED) is 0.824. The van der Waals surface area contributed by atoms with Crippen LogP contribution in [0.15, 0.2) is 33.2 Å². The van der Waals surface area contributed by atoms with Gasteiger partial charge in [-0.3, -0.25) is 0 Å². The van der Waals surface area contributed by atoms with Crippen LogP contribution >= 0.6 is 15.9 Å². The summed E-state index contributed by atoms with van der Waals surface area (Å²) in [5.41, 5.74) is 1.11. The molecule has 5 heteroatoms. The predicted molar refractivity (Wildman–Crippen MR) is 83.9 cm³/mol. The third-order valence-electron chi connectivity index (χ3n) is 3.04. The van der Waals surface area contributed by atoms with Crippen LogP contribution in [0, 0.1) is 12.7 Å². The molecule has 3 nitrogen and oxygen atoms in total. The number of nitrogens with one attached hydrogen (secondary N) is 1. The first-order chi connectivity index (χ1) is 9.95. The second kappa shape index (κ2) is 7.09. The van der Waals surface area contributed by atoms with Crippen LogP contribution in [0.5, 0.6) is 5.75 Å². The lowest BCUT2D eigenvalue weighted by Gasteiger charge is -2.06. The van der Waals surface area contributed by atoms with Gasteiger partial charge in [0.05, 0.1) is 4.47 Å². The molecule has 0 radical (unpaired) electrons. The van der Waals surface area contributed by atoms with Crippen LogP contribution in [0.4, 0.5) is 4.39 Å². The van der Waals surface area contributed by atoms with Gasteiger partial charge in [-0.05, 0) is 41.1 Å². The number of aryl methyl sites for hydroxylation is 1. The Hall–Kier alpha value is -1.33. The molecule has 0 aliphatic heterocycles. The number of halogens is 2. The highest BCUT2D eigenvalue weighted by Crippen LogP contribution is 2.27. The molecule has 0 aliphatic rings. The number of benzene rings is 1. The molecular weight excluding hydrogens is 337 g/mol. The highest BCUT2D eigenvalue weighted by Gasteiger charge is 2.10. The van der Waals surface area contributed by atoms with E-state index in [1.807, 2.05) is 13.0 Å². The Labute approximate surface area is 132 Å². The van der Waals surface area contributed by atoms with Crippen LogP contribution in [0.2, 0.25) is 0 Å². The van der Waals surface area contributed by atoms with E-state index < -0.39 is 0 Å². The van der Waals surface area contributed by atoms with Gasteiger partial charge in [-0.1, -0.05) is 13.8 Å². The highest BCUT2D eigenvalue weighted by molar-refractivity contribution is 9.10. The summed E-state index contributed by atoms with van der Waals surface area (Å²) in [6.45, 7) is 7.15. The first-order valence-electron chi connectivity index (χ1n) is 6.85. The van der Waals surface area contributed by atoms with E-state index in [-0.39, 0.29) is 12.4 Å². The van der Waals surface area contributed by atoms with E-state index in [0.29, 0.717) is 16.3 Å². The first kappa shape index (κ1) is 16.0. The zero-order valence-corrected chi connectivity index (χ0v) is 14.0. The summed E-state index contributed by atoms with van der Waals surface area (Å²) in [7, 11) is 0. The minimum absolute atomic E-state index is 0.268. The molecule has 2 aromatic rings. The fourth-order valence-corrected chi connectivity index (χ4v) is 2.25. The van der Waals surface area contributed by atoms with Gasteiger partial charge >= 0.3 is 0 Å². The summed E-state index contributed by atoms with van der Waals surface area (Å²) in [6.07, 6.45) is 0. The molecule has 0 amide bonds. The van der Waals surface area contributed by atoms with Crippen molar-refractivity contribution in [2.24, 2.45) is 0 Å². The second-order valence-corrected chi connectivity index (χ2v) is 6.05. The Morgan fingerprint density at radius 2 is 2.10 bits per heavy atom. The molecule has 0 spiro atoms. The lowest BCUT2D eigenvalue weighted by atomic mass is 10.2. The van der Waals surface area contributed by atoms with Crippen molar-refractivity contribution in [3.05, 3.63) is 51.6 Å². The van der Waals surface area contributed by atoms with Gasteiger partial charge in [-0.2, -0.15) is 0 Å². The summed E-state index contributed by atoms with van der Waals surface area (Å²) in [4.78, 5) is 0. The predicted octanol–water partition coefficient (Wildman–Crippen LogP) is 4.57. The number of hydrogen-bond donors (Lipinski definition) is 1. The van der Waals surface area contributed by atoms with E-state index in [1.165, 1.54) is 12.1 Å².